The maximum absolute atomic E-state index is 14.7. The Morgan fingerprint density at radius 2 is 1.63 bits per heavy atom. The van der Waals surface area contributed by atoms with Crippen LogP contribution >= 0.6 is 0 Å². The summed E-state index contributed by atoms with van der Waals surface area (Å²) in [6.45, 7) is 10.9. The first-order chi connectivity index (χ1) is 26.0. The van der Waals surface area contributed by atoms with E-state index in [1.165, 1.54) is 0 Å². The Bertz CT molecular complexity index is 1320. The van der Waals surface area contributed by atoms with E-state index in [1.54, 1.807) is 14.2 Å². The molecule has 1 saturated carbocycles. The van der Waals surface area contributed by atoms with Crippen LogP contribution in [0, 0.1) is 35.5 Å². The van der Waals surface area contributed by atoms with Gasteiger partial charge in [0, 0.05) is 38.7 Å². The van der Waals surface area contributed by atoms with Crippen LogP contribution in [-0.2, 0) is 47.5 Å². The Hall–Kier alpha value is -1.70. The van der Waals surface area contributed by atoms with Crippen LogP contribution in [0.1, 0.15) is 98.8 Å². The molecule has 0 bridgehead atoms. The third-order valence-corrected chi connectivity index (χ3v) is 13.5. The summed E-state index contributed by atoms with van der Waals surface area (Å²) in [5.41, 5.74) is 0.766. The van der Waals surface area contributed by atoms with Gasteiger partial charge in [-0.05, 0) is 115 Å². The van der Waals surface area contributed by atoms with Gasteiger partial charge in [0.25, 0.3) is 0 Å². The number of likely N-dealkylation sites (N-methyl/N-ethyl adjacent to an activating group) is 1. The summed E-state index contributed by atoms with van der Waals surface area (Å²) < 4.78 is 50.4. The molecule has 0 aromatic carbocycles. The van der Waals surface area contributed by atoms with E-state index in [4.69, 9.17) is 37.9 Å². The summed E-state index contributed by atoms with van der Waals surface area (Å²) in [6.07, 6.45) is 11.8. The minimum absolute atomic E-state index is 0.0375. The third kappa shape index (κ3) is 9.04. The highest BCUT2D eigenvalue weighted by molar-refractivity contribution is 5.99. The van der Waals surface area contributed by atoms with E-state index in [1.807, 2.05) is 13.8 Å². The van der Waals surface area contributed by atoms with Gasteiger partial charge >= 0.3 is 5.97 Å². The maximum atomic E-state index is 14.7. The predicted molar refractivity (Wildman–Crippen MR) is 203 cm³/mol. The van der Waals surface area contributed by atoms with Crippen LogP contribution in [0.3, 0.4) is 0 Å². The number of ketones is 1. The van der Waals surface area contributed by atoms with Crippen molar-refractivity contribution in [1.29, 1.82) is 0 Å². The summed E-state index contributed by atoms with van der Waals surface area (Å²) in [4.78, 5) is 30.4. The average molecular weight is 760 g/mol. The van der Waals surface area contributed by atoms with E-state index in [9.17, 15) is 9.59 Å². The number of hydrogen-bond donors (Lipinski definition) is 0. The quantitative estimate of drug-likeness (QED) is 0.176. The molecule has 0 unspecified atom stereocenters. The van der Waals surface area contributed by atoms with Crippen molar-refractivity contribution < 1.29 is 47.5 Å². The Balaban J connectivity index is 1.19. The second-order valence-corrected chi connectivity index (χ2v) is 17.1. The van der Waals surface area contributed by atoms with Crippen molar-refractivity contribution in [2.75, 3.05) is 34.9 Å². The van der Waals surface area contributed by atoms with Crippen molar-refractivity contribution in [2.45, 2.75) is 166 Å². The van der Waals surface area contributed by atoms with Crippen LogP contribution < -0.4 is 0 Å². The smallest absolute Gasteiger partial charge is 0.306 e. The fraction of sp³-hybridized carbons (Fsp3) is 0.860. The number of carbonyl (C=O) groups excluding carboxylic acids is 2. The van der Waals surface area contributed by atoms with Gasteiger partial charge in [-0.25, -0.2) is 0 Å². The van der Waals surface area contributed by atoms with Gasteiger partial charge in [0.05, 0.1) is 30.8 Å². The molecule has 306 valence electrons. The molecule has 3 aliphatic carbocycles. The average Bonchev–Trinajstić information content (AvgIpc) is 3.73. The van der Waals surface area contributed by atoms with Crippen molar-refractivity contribution in [3.8, 4) is 0 Å². The Morgan fingerprint density at radius 1 is 0.852 bits per heavy atom. The number of hydrogen-bond acceptors (Lipinski definition) is 11. The number of cyclic esters (lactones) is 1. The Morgan fingerprint density at radius 3 is 2.31 bits per heavy atom. The number of esters is 1. The minimum Gasteiger partial charge on any atom is -0.462 e. The van der Waals surface area contributed by atoms with Gasteiger partial charge in [-0.3, -0.25) is 9.59 Å². The molecule has 0 radical (unpaired) electrons. The van der Waals surface area contributed by atoms with E-state index >= 15 is 0 Å². The molecular formula is C43H69NO10. The van der Waals surface area contributed by atoms with Gasteiger partial charge in [0.15, 0.2) is 18.4 Å². The zero-order valence-electron chi connectivity index (χ0n) is 34.4. The van der Waals surface area contributed by atoms with Crippen LogP contribution in [-0.4, -0.2) is 119 Å². The molecule has 3 saturated heterocycles. The fourth-order valence-corrected chi connectivity index (χ4v) is 10.6. The van der Waals surface area contributed by atoms with Crippen molar-refractivity contribution in [2.24, 2.45) is 35.5 Å². The highest BCUT2D eigenvalue weighted by Crippen LogP contribution is 2.54. The first-order valence-electron chi connectivity index (χ1n) is 21.1. The van der Waals surface area contributed by atoms with Crippen molar-refractivity contribution >= 4 is 11.8 Å². The van der Waals surface area contributed by atoms with Gasteiger partial charge < -0.3 is 42.8 Å². The summed E-state index contributed by atoms with van der Waals surface area (Å²) >= 11 is 0. The zero-order chi connectivity index (χ0) is 38.7. The fourth-order valence-electron chi connectivity index (χ4n) is 10.6. The van der Waals surface area contributed by atoms with E-state index < -0.39 is 12.4 Å². The molecule has 17 atom stereocenters. The zero-order valence-corrected chi connectivity index (χ0v) is 34.4. The normalized spacial score (nSPS) is 44.5. The van der Waals surface area contributed by atoms with E-state index in [0.29, 0.717) is 25.0 Å². The second-order valence-electron chi connectivity index (χ2n) is 17.1. The van der Waals surface area contributed by atoms with Crippen molar-refractivity contribution in [1.82, 2.24) is 4.90 Å². The number of carbonyl (C=O) groups is 2. The van der Waals surface area contributed by atoms with Gasteiger partial charge in [-0.1, -0.05) is 39.0 Å². The first-order valence-corrected chi connectivity index (χ1v) is 21.1. The lowest BCUT2D eigenvalue weighted by molar-refractivity contribution is -0.317. The van der Waals surface area contributed by atoms with E-state index in [-0.39, 0.29) is 96.8 Å². The predicted octanol–water partition coefficient (Wildman–Crippen LogP) is 6.27. The summed E-state index contributed by atoms with van der Waals surface area (Å²) in [7, 11) is 7.54. The molecular weight excluding hydrogens is 690 g/mol. The SMILES string of the molecule is CCCO[C@@H]1[C@@H](OC)[C@@H](OC)[C@H](O[C@H]2C[C@H]3[C@@H]4C=C5C(=O)[C@H](C)[C@@H](O[C@H]6CC[C@H](N(C)C)[C@@H](C)O6)CCC[C@H](CC)OC(=O)C[C@H]5[C@@H]4C=C[C@@H]3C2)O[C@H]1C. The largest absolute Gasteiger partial charge is 0.462 e. The van der Waals surface area contributed by atoms with E-state index in [0.717, 1.165) is 56.9 Å². The molecule has 6 rings (SSSR count). The van der Waals surface area contributed by atoms with Gasteiger partial charge in [0.1, 0.15) is 24.4 Å². The number of methoxy groups -OCH3 is 2. The van der Waals surface area contributed by atoms with Crippen LogP contribution in [0.5, 0.6) is 0 Å². The molecule has 11 nitrogen and oxygen atoms in total. The molecule has 0 amide bonds. The molecule has 0 aromatic heterocycles. The molecule has 0 aromatic rings. The molecule has 54 heavy (non-hydrogen) atoms. The second kappa shape index (κ2) is 18.7. The number of Topliss-reactive ketones (excluding diaryl/α,β-unsaturated/α-hetero) is 1. The molecule has 6 aliphatic rings. The van der Waals surface area contributed by atoms with Crippen molar-refractivity contribution in [3.63, 3.8) is 0 Å². The minimum atomic E-state index is -0.594. The number of nitrogens with zero attached hydrogens (tertiary/aromatic N) is 1. The number of fused-ring (bicyclic) bond motifs is 5. The molecule has 0 N–H and O–H groups in total. The Kier molecular flexibility index (Phi) is 14.5. The van der Waals surface area contributed by atoms with E-state index in [2.05, 4.69) is 58.0 Å². The lowest BCUT2D eigenvalue weighted by Gasteiger charge is -2.44. The standard InChI is InChI=1S/C43H69NO10/c1-10-19-49-40-26(5)51-43(42(48-9)41(40)47-8)53-29-20-27-15-16-30-32(31(27)21-29)22-34-33(30)23-37(45)52-28(11-2)13-12-14-36(24(3)39(34)46)54-38-18-17-35(44(6)7)25(4)50-38/h15-16,22,24-33,35-36,38,40-43H,10-14,17-21,23H2,1-9H3/t24-,25-,26+,27-,28+,29-,30-,31-,32-,33+,35+,36+,38+,40+,41-,42-,43+/m1/s1. The highest BCUT2D eigenvalue weighted by atomic mass is 16.7. The van der Waals surface area contributed by atoms with Crippen LogP contribution in [0.15, 0.2) is 23.8 Å². The Labute approximate surface area is 324 Å². The molecule has 3 aliphatic heterocycles. The monoisotopic (exact) mass is 759 g/mol. The third-order valence-electron chi connectivity index (χ3n) is 13.5. The highest BCUT2D eigenvalue weighted by Gasteiger charge is 2.53. The number of allylic oxidation sites excluding steroid dienone is 4. The lowest BCUT2D eigenvalue weighted by Crippen LogP contribution is -2.60. The van der Waals surface area contributed by atoms with Crippen molar-refractivity contribution in [3.05, 3.63) is 23.8 Å². The number of rotatable bonds is 11. The number of ether oxygens (including phenoxy) is 8. The summed E-state index contributed by atoms with van der Waals surface area (Å²) in [5, 5.41) is 0. The molecule has 3 heterocycles. The maximum Gasteiger partial charge on any atom is 0.306 e. The van der Waals surface area contributed by atoms with Gasteiger partial charge in [0.2, 0.25) is 0 Å². The van der Waals surface area contributed by atoms with Crippen LogP contribution in [0.4, 0.5) is 0 Å². The van der Waals surface area contributed by atoms with Crippen LogP contribution in [0.25, 0.3) is 0 Å². The topological polar surface area (TPSA) is 111 Å². The molecule has 11 heteroatoms. The first kappa shape index (κ1) is 41.9. The van der Waals surface area contributed by atoms with Gasteiger partial charge in [-0.2, -0.15) is 0 Å². The lowest BCUT2D eigenvalue weighted by atomic mass is 9.70. The molecule has 0 spiro atoms. The summed E-state index contributed by atoms with van der Waals surface area (Å²) in [5.74, 6) is 0.0181. The summed E-state index contributed by atoms with van der Waals surface area (Å²) in [6, 6.07) is 0.338. The molecule has 4 fully saturated rings. The van der Waals surface area contributed by atoms with Gasteiger partial charge in [-0.15, -0.1) is 0 Å². The van der Waals surface area contributed by atoms with Crippen LogP contribution in [0.2, 0.25) is 0 Å².